The number of nitrogens with two attached hydrogens (primary N) is 2. The van der Waals surface area contributed by atoms with Crippen molar-refractivity contribution in [1.29, 1.82) is 0 Å². The number of nitrogens with zero attached hydrogens (tertiary/aromatic N) is 2. The molecular weight excluding hydrogens is 596 g/mol. The van der Waals surface area contributed by atoms with Crippen LogP contribution >= 0.6 is 0 Å². The fraction of sp³-hybridized carbons (Fsp3) is 0.379. The van der Waals surface area contributed by atoms with E-state index < -0.39 is 48.4 Å². The number of carbonyl (C=O) groups is 6. The molecule has 246 valence electrons. The summed E-state index contributed by atoms with van der Waals surface area (Å²) in [5.41, 5.74) is 11.3. The van der Waals surface area contributed by atoms with Gasteiger partial charge in [0.2, 0.25) is 0 Å². The van der Waals surface area contributed by atoms with Crippen LogP contribution in [-0.2, 0) is 19.2 Å². The van der Waals surface area contributed by atoms with Crippen LogP contribution in [0.3, 0.4) is 0 Å². The highest BCUT2D eigenvalue weighted by molar-refractivity contribution is 5.96. The zero-order chi connectivity index (χ0) is 34.1. The maximum atomic E-state index is 12.4. The van der Waals surface area contributed by atoms with E-state index in [0.29, 0.717) is 12.0 Å². The van der Waals surface area contributed by atoms with Crippen molar-refractivity contribution in [2.45, 2.75) is 44.2 Å². The number of hydrogen-bond donors (Lipinski definition) is 8. The van der Waals surface area contributed by atoms with E-state index in [1.807, 2.05) is 0 Å². The summed E-state index contributed by atoms with van der Waals surface area (Å²) in [6.07, 6.45) is 0.715. The smallest absolute Gasteiger partial charge is 0.323 e. The molecule has 2 amide bonds. The maximum Gasteiger partial charge on any atom is 0.323 e. The third-order valence-electron chi connectivity index (χ3n) is 6.25. The Morgan fingerprint density at radius 2 is 0.956 bits per heavy atom. The van der Waals surface area contributed by atoms with Gasteiger partial charge in [-0.25, -0.2) is 0 Å². The summed E-state index contributed by atoms with van der Waals surface area (Å²) < 4.78 is 0. The number of phenolic OH excluding ortho intramolecular Hbond substituents is 2. The molecule has 45 heavy (non-hydrogen) atoms. The first-order chi connectivity index (χ1) is 21.1. The fourth-order valence-electron chi connectivity index (χ4n) is 3.79. The van der Waals surface area contributed by atoms with E-state index in [1.165, 1.54) is 53.4 Å². The number of carboxylic acids is 4. The van der Waals surface area contributed by atoms with Crippen molar-refractivity contribution in [1.82, 2.24) is 9.80 Å². The normalized spacial score (nSPS) is 11.7. The molecule has 0 aromatic heterocycles. The lowest BCUT2D eigenvalue weighted by Gasteiger charge is -2.22. The van der Waals surface area contributed by atoms with Gasteiger partial charge < -0.3 is 51.9 Å². The first-order valence-corrected chi connectivity index (χ1v) is 13.7. The van der Waals surface area contributed by atoms with Gasteiger partial charge in [0, 0.05) is 30.8 Å². The summed E-state index contributed by atoms with van der Waals surface area (Å²) >= 11 is 0. The molecule has 2 aromatic carbocycles. The second kappa shape index (κ2) is 19.1. The Balaban J connectivity index is 0.000000450. The lowest BCUT2D eigenvalue weighted by molar-refractivity contribution is -0.139. The molecule has 2 atom stereocenters. The predicted octanol–water partition coefficient (Wildman–Crippen LogP) is 0.612. The minimum absolute atomic E-state index is 0.00577. The molecule has 0 bridgehead atoms. The molecule has 0 spiro atoms. The van der Waals surface area contributed by atoms with E-state index >= 15 is 0 Å². The topological polar surface area (TPSA) is 282 Å². The standard InChI is InChI=1S/C15H20N2O6.C14H18N2O6/c16-12(15(22)23)2-1-8-17(9-7-13(19)20)14(21)10-3-5-11(18)6-4-10;15-11(14(21)22)2-1-7-16(8-12(18)19)13(20)9-3-5-10(17)6-4-9/h3-6,12,18H,1-2,7-9,16H2,(H,19,20)(H,22,23);3-6,11,17H,1-2,7-8,15H2,(H,18,19)(H,21,22)/t12-;11-/m00/s1. The highest BCUT2D eigenvalue weighted by Gasteiger charge is 2.20. The SMILES string of the molecule is N[C@@H](CCCN(CC(=O)O)C(=O)c1ccc(O)cc1)C(=O)O.N[C@@H](CCCN(CCC(=O)O)C(=O)c1ccc(O)cc1)C(=O)O. The van der Waals surface area contributed by atoms with Crippen molar-refractivity contribution in [3.8, 4) is 11.5 Å². The van der Waals surface area contributed by atoms with E-state index in [-0.39, 0.29) is 68.3 Å². The van der Waals surface area contributed by atoms with E-state index in [0.717, 1.165) is 4.90 Å². The number of carbonyl (C=O) groups excluding carboxylic acids is 2. The van der Waals surface area contributed by atoms with Gasteiger partial charge >= 0.3 is 23.9 Å². The van der Waals surface area contributed by atoms with Gasteiger partial charge in [0.05, 0.1) is 6.42 Å². The summed E-state index contributed by atoms with van der Waals surface area (Å²) in [6, 6.07) is 8.97. The number of amides is 2. The minimum Gasteiger partial charge on any atom is -0.508 e. The largest absolute Gasteiger partial charge is 0.508 e. The Hall–Kier alpha value is -5.22. The van der Waals surface area contributed by atoms with Crippen LogP contribution in [0.1, 0.15) is 52.8 Å². The molecule has 0 saturated heterocycles. The summed E-state index contributed by atoms with van der Waals surface area (Å²) in [5, 5.41) is 53.5. The molecule has 10 N–H and O–H groups in total. The average molecular weight is 635 g/mol. The molecule has 0 aliphatic rings. The van der Waals surface area contributed by atoms with Gasteiger partial charge in [0.1, 0.15) is 30.1 Å². The van der Waals surface area contributed by atoms with Crippen molar-refractivity contribution in [2.24, 2.45) is 11.5 Å². The van der Waals surface area contributed by atoms with Gasteiger partial charge in [-0.2, -0.15) is 0 Å². The Labute approximate surface area is 258 Å². The van der Waals surface area contributed by atoms with E-state index in [9.17, 15) is 39.0 Å². The summed E-state index contributed by atoms with van der Waals surface area (Å²) in [7, 11) is 0. The number of benzene rings is 2. The number of rotatable bonds is 17. The Morgan fingerprint density at radius 3 is 1.31 bits per heavy atom. The van der Waals surface area contributed by atoms with Crippen LogP contribution in [0.15, 0.2) is 48.5 Å². The van der Waals surface area contributed by atoms with Crippen LogP contribution in [0.4, 0.5) is 0 Å². The van der Waals surface area contributed by atoms with Crippen molar-refractivity contribution in [3.63, 3.8) is 0 Å². The van der Waals surface area contributed by atoms with Crippen molar-refractivity contribution in [3.05, 3.63) is 59.7 Å². The number of phenols is 2. The Morgan fingerprint density at radius 1 is 0.578 bits per heavy atom. The molecule has 0 radical (unpaired) electrons. The second-order valence-corrected chi connectivity index (χ2v) is 9.82. The lowest BCUT2D eigenvalue weighted by Crippen LogP contribution is -2.37. The highest BCUT2D eigenvalue weighted by atomic mass is 16.4. The number of carboxylic acid groups (broad SMARTS) is 4. The molecule has 0 heterocycles. The average Bonchev–Trinajstić information content (AvgIpc) is 2.98. The zero-order valence-electron chi connectivity index (χ0n) is 24.3. The molecule has 0 aliphatic heterocycles. The van der Waals surface area contributed by atoms with Crippen molar-refractivity contribution < 1.29 is 59.4 Å². The minimum atomic E-state index is -1.17. The molecule has 2 rings (SSSR count). The van der Waals surface area contributed by atoms with Crippen LogP contribution < -0.4 is 11.5 Å². The van der Waals surface area contributed by atoms with Gasteiger partial charge in [-0.05, 0) is 74.2 Å². The third-order valence-corrected chi connectivity index (χ3v) is 6.25. The van der Waals surface area contributed by atoms with Crippen LogP contribution in [0.2, 0.25) is 0 Å². The Bertz CT molecular complexity index is 1300. The van der Waals surface area contributed by atoms with Crippen molar-refractivity contribution >= 4 is 35.7 Å². The predicted molar refractivity (Wildman–Crippen MR) is 158 cm³/mol. The van der Waals surface area contributed by atoms with Crippen molar-refractivity contribution in [2.75, 3.05) is 26.2 Å². The van der Waals surface area contributed by atoms with Gasteiger partial charge in [-0.1, -0.05) is 0 Å². The Kier molecular flexibility index (Phi) is 16.1. The maximum absolute atomic E-state index is 12.4. The van der Waals surface area contributed by atoms with Gasteiger partial charge in [0.15, 0.2) is 0 Å². The summed E-state index contributed by atoms with van der Waals surface area (Å²) in [6.45, 7) is -0.208. The number of hydrogen-bond acceptors (Lipinski definition) is 10. The molecule has 0 saturated carbocycles. The first kappa shape index (κ1) is 37.8. The van der Waals surface area contributed by atoms with E-state index in [1.54, 1.807) is 0 Å². The van der Waals surface area contributed by atoms with Crippen LogP contribution in [0, 0.1) is 0 Å². The summed E-state index contributed by atoms with van der Waals surface area (Å²) in [4.78, 5) is 69.9. The second-order valence-electron chi connectivity index (χ2n) is 9.82. The zero-order valence-corrected chi connectivity index (χ0v) is 24.3. The van der Waals surface area contributed by atoms with Crippen LogP contribution in [0.25, 0.3) is 0 Å². The highest BCUT2D eigenvalue weighted by Crippen LogP contribution is 2.14. The third kappa shape index (κ3) is 14.7. The molecular formula is C29H38N4O12. The molecule has 0 unspecified atom stereocenters. The first-order valence-electron chi connectivity index (χ1n) is 13.7. The van der Waals surface area contributed by atoms with E-state index in [2.05, 4.69) is 0 Å². The van der Waals surface area contributed by atoms with Gasteiger partial charge in [-0.3, -0.25) is 28.8 Å². The lowest BCUT2D eigenvalue weighted by atomic mass is 10.1. The molecule has 0 aliphatic carbocycles. The van der Waals surface area contributed by atoms with Gasteiger partial charge in [-0.15, -0.1) is 0 Å². The molecule has 16 heteroatoms. The summed E-state index contributed by atoms with van der Waals surface area (Å²) in [5.74, 6) is -5.34. The van der Waals surface area contributed by atoms with E-state index in [4.69, 9.17) is 31.9 Å². The van der Waals surface area contributed by atoms with Crippen LogP contribution in [0.5, 0.6) is 11.5 Å². The van der Waals surface area contributed by atoms with Gasteiger partial charge in [0.25, 0.3) is 11.8 Å². The molecule has 2 aromatic rings. The molecule has 0 fully saturated rings. The number of aromatic hydroxyl groups is 2. The molecule has 16 nitrogen and oxygen atoms in total. The number of aliphatic carboxylic acids is 4. The fourth-order valence-corrected chi connectivity index (χ4v) is 3.79. The quantitative estimate of drug-likeness (QED) is 0.118. The van der Waals surface area contributed by atoms with Crippen LogP contribution in [-0.4, -0.2) is 114 Å². The monoisotopic (exact) mass is 634 g/mol.